The summed E-state index contributed by atoms with van der Waals surface area (Å²) >= 11 is 7.62. The average Bonchev–Trinajstić information content (AvgIpc) is 3.33. The van der Waals surface area contributed by atoms with E-state index >= 15 is 0 Å². The van der Waals surface area contributed by atoms with Gasteiger partial charge in [-0.2, -0.15) is 0 Å². The summed E-state index contributed by atoms with van der Waals surface area (Å²) < 4.78 is 6.73. The Balaban J connectivity index is 1.62. The number of Topliss-reactive ketones (excluding diaryl/α,β-unsaturated/α-hetero) is 1. The molecule has 2 fully saturated rings. The zero-order valence-electron chi connectivity index (χ0n) is 15.1. The summed E-state index contributed by atoms with van der Waals surface area (Å²) in [5, 5.41) is 11.0. The Bertz CT molecular complexity index is 960. The SMILES string of the molecule is CCc1ccc(-c2ccc(Cl)s2)cc1C1=C(O)C2C[C@H]3CC[C@H](O3)[C@@H]2C1=O. The molecule has 4 atom stereocenters. The Morgan fingerprint density at radius 1 is 1.26 bits per heavy atom. The number of ketones is 1. The van der Waals surface area contributed by atoms with Gasteiger partial charge in [0.1, 0.15) is 5.76 Å². The van der Waals surface area contributed by atoms with Crippen LogP contribution in [0.2, 0.25) is 4.34 Å². The summed E-state index contributed by atoms with van der Waals surface area (Å²) in [5.74, 6) is 0.0340. The van der Waals surface area contributed by atoms with E-state index in [1.54, 1.807) is 0 Å². The van der Waals surface area contributed by atoms with Crippen LogP contribution in [0.5, 0.6) is 0 Å². The first-order valence-corrected chi connectivity index (χ1v) is 10.8. The number of aliphatic hydroxyl groups excluding tert-OH is 1. The Kier molecular flexibility index (Phi) is 4.19. The van der Waals surface area contributed by atoms with Gasteiger partial charge in [0.05, 0.1) is 28.0 Å². The van der Waals surface area contributed by atoms with E-state index in [1.807, 2.05) is 18.2 Å². The van der Waals surface area contributed by atoms with Crippen LogP contribution in [-0.4, -0.2) is 23.1 Å². The predicted molar refractivity (Wildman–Crippen MR) is 108 cm³/mol. The Morgan fingerprint density at radius 3 is 2.85 bits per heavy atom. The zero-order chi connectivity index (χ0) is 18.7. The third-order valence-corrected chi connectivity index (χ3v) is 7.55. The highest BCUT2D eigenvalue weighted by Crippen LogP contribution is 2.51. The molecule has 1 unspecified atom stereocenters. The van der Waals surface area contributed by atoms with Gasteiger partial charge in [0.2, 0.25) is 0 Å². The smallest absolute Gasteiger partial charge is 0.173 e. The van der Waals surface area contributed by atoms with Crippen molar-refractivity contribution >= 4 is 34.3 Å². The van der Waals surface area contributed by atoms with Crippen molar-refractivity contribution in [2.75, 3.05) is 0 Å². The lowest BCUT2D eigenvalue weighted by atomic mass is 9.84. The van der Waals surface area contributed by atoms with Gasteiger partial charge in [0.15, 0.2) is 5.78 Å². The molecular weight excluding hydrogens is 380 g/mol. The number of benzene rings is 1. The Hall–Kier alpha value is -1.62. The van der Waals surface area contributed by atoms with Crippen molar-refractivity contribution < 1.29 is 14.6 Å². The van der Waals surface area contributed by atoms with Crippen LogP contribution in [-0.2, 0) is 16.0 Å². The van der Waals surface area contributed by atoms with E-state index in [4.69, 9.17) is 16.3 Å². The van der Waals surface area contributed by atoms with Crippen LogP contribution in [0.4, 0.5) is 0 Å². The minimum atomic E-state index is -0.219. The lowest BCUT2D eigenvalue weighted by Gasteiger charge is -2.31. The second kappa shape index (κ2) is 6.47. The minimum absolute atomic E-state index is 0.0368. The summed E-state index contributed by atoms with van der Waals surface area (Å²) in [6.45, 7) is 2.08. The Labute approximate surface area is 167 Å². The van der Waals surface area contributed by atoms with Crippen LogP contribution in [0.1, 0.15) is 37.3 Å². The molecule has 3 aliphatic rings. The summed E-state index contributed by atoms with van der Waals surface area (Å²) in [4.78, 5) is 14.4. The zero-order valence-corrected chi connectivity index (χ0v) is 16.6. The fourth-order valence-corrected chi connectivity index (χ4v) is 6.02. The molecule has 1 N–H and O–H groups in total. The maximum absolute atomic E-state index is 13.3. The number of rotatable bonds is 3. The molecule has 5 heteroatoms. The topological polar surface area (TPSA) is 46.5 Å². The van der Waals surface area contributed by atoms with Crippen molar-refractivity contribution in [1.29, 1.82) is 0 Å². The molecule has 0 radical (unpaired) electrons. The fourth-order valence-electron chi connectivity index (χ4n) is 4.98. The monoisotopic (exact) mass is 400 g/mol. The van der Waals surface area contributed by atoms with Gasteiger partial charge in [-0.3, -0.25) is 4.79 Å². The molecule has 0 spiro atoms. The third-order valence-electron chi connectivity index (χ3n) is 6.27. The number of halogens is 1. The molecule has 3 heterocycles. The average molecular weight is 401 g/mol. The van der Waals surface area contributed by atoms with Gasteiger partial charge in [-0.25, -0.2) is 0 Å². The van der Waals surface area contributed by atoms with Crippen molar-refractivity contribution in [1.82, 2.24) is 0 Å². The molecule has 27 heavy (non-hydrogen) atoms. The highest BCUT2D eigenvalue weighted by molar-refractivity contribution is 7.19. The fraction of sp³-hybridized carbons (Fsp3) is 0.409. The number of aryl methyl sites for hydroxylation is 1. The van der Waals surface area contributed by atoms with E-state index in [9.17, 15) is 9.90 Å². The van der Waals surface area contributed by atoms with E-state index < -0.39 is 0 Å². The van der Waals surface area contributed by atoms with Crippen LogP contribution in [0.15, 0.2) is 36.1 Å². The third kappa shape index (κ3) is 2.69. The number of aliphatic hydroxyl groups is 1. The molecule has 2 aromatic rings. The summed E-state index contributed by atoms with van der Waals surface area (Å²) in [5.41, 5.74) is 3.50. The molecule has 2 saturated heterocycles. The normalized spacial score (nSPS) is 29.5. The first kappa shape index (κ1) is 17.5. The van der Waals surface area contributed by atoms with Gasteiger partial charge in [0.25, 0.3) is 0 Å². The van der Waals surface area contributed by atoms with Crippen molar-refractivity contribution in [3.8, 4) is 10.4 Å². The van der Waals surface area contributed by atoms with Gasteiger partial charge < -0.3 is 9.84 Å². The summed E-state index contributed by atoms with van der Waals surface area (Å²) in [6.07, 6.45) is 3.64. The van der Waals surface area contributed by atoms with E-state index in [0.29, 0.717) is 5.57 Å². The van der Waals surface area contributed by atoms with Crippen molar-refractivity contribution in [2.24, 2.45) is 11.8 Å². The van der Waals surface area contributed by atoms with Crippen molar-refractivity contribution in [3.05, 3.63) is 51.6 Å². The van der Waals surface area contributed by atoms with Crippen LogP contribution in [0.3, 0.4) is 0 Å². The van der Waals surface area contributed by atoms with E-state index in [-0.39, 0.29) is 35.6 Å². The number of thiophene rings is 1. The lowest BCUT2D eigenvalue weighted by molar-refractivity contribution is -0.128. The number of carbonyl (C=O) groups is 1. The number of allylic oxidation sites excluding steroid dienone is 2. The second-order valence-electron chi connectivity index (χ2n) is 7.70. The molecule has 1 aliphatic carbocycles. The molecule has 1 aromatic heterocycles. The van der Waals surface area contributed by atoms with Crippen molar-refractivity contribution in [3.63, 3.8) is 0 Å². The van der Waals surface area contributed by atoms with Crippen molar-refractivity contribution in [2.45, 2.75) is 44.8 Å². The van der Waals surface area contributed by atoms with E-state index in [0.717, 1.165) is 51.6 Å². The molecule has 3 nitrogen and oxygen atoms in total. The largest absolute Gasteiger partial charge is 0.511 e. The molecule has 2 bridgehead atoms. The molecule has 1 aromatic carbocycles. The molecular formula is C22H21ClO3S. The molecule has 0 amide bonds. The molecule has 2 aliphatic heterocycles. The standard InChI is InChI=1S/C22H21ClO3S/c1-2-11-3-4-12(17-7-8-18(23)27-17)9-14(11)20-21(24)15-10-13-5-6-16(26-13)19(15)22(20)25/h3-4,7-9,13,15-16,19,24H,2,5-6,10H2,1H3/t13-,15?,16+,19-/m1/s1. The van der Waals surface area contributed by atoms with Crippen LogP contribution in [0, 0.1) is 11.8 Å². The summed E-state index contributed by atoms with van der Waals surface area (Å²) in [7, 11) is 0. The van der Waals surface area contributed by atoms with Gasteiger partial charge in [-0.05, 0) is 60.6 Å². The van der Waals surface area contributed by atoms with Gasteiger partial charge >= 0.3 is 0 Å². The van der Waals surface area contributed by atoms with Crippen LogP contribution in [0.25, 0.3) is 16.0 Å². The predicted octanol–water partition coefficient (Wildman–Crippen LogP) is 5.67. The lowest BCUT2D eigenvalue weighted by Crippen LogP contribution is -2.37. The van der Waals surface area contributed by atoms with Gasteiger partial charge in [-0.1, -0.05) is 30.7 Å². The number of ether oxygens (including phenoxy) is 1. The second-order valence-corrected chi connectivity index (χ2v) is 9.41. The summed E-state index contributed by atoms with van der Waals surface area (Å²) in [6, 6.07) is 10.1. The highest BCUT2D eigenvalue weighted by atomic mass is 35.5. The Morgan fingerprint density at radius 2 is 2.11 bits per heavy atom. The molecule has 0 saturated carbocycles. The maximum Gasteiger partial charge on any atom is 0.173 e. The van der Waals surface area contributed by atoms with Crippen LogP contribution >= 0.6 is 22.9 Å². The number of carbonyl (C=O) groups excluding carboxylic acids is 1. The molecule has 140 valence electrons. The first-order chi connectivity index (χ1) is 13.1. The minimum Gasteiger partial charge on any atom is -0.511 e. The highest BCUT2D eigenvalue weighted by Gasteiger charge is 2.53. The maximum atomic E-state index is 13.3. The van der Waals surface area contributed by atoms with E-state index in [2.05, 4.69) is 19.1 Å². The van der Waals surface area contributed by atoms with E-state index in [1.165, 1.54) is 11.3 Å². The number of hydrogen-bond donors (Lipinski definition) is 1. The van der Waals surface area contributed by atoms with Gasteiger partial charge in [-0.15, -0.1) is 11.3 Å². The van der Waals surface area contributed by atoms with Gasteiger partial charge in [0, 0.05) is 10.8 Å². The molecule has 5 rings (SSSR count). The van der Waals surface area contributed by atoms with Crippen LogP contribution < -0.4 is 0 Å². The quantitative estimate of drug-likeness (QED) is 0.722. The number of hydrogen-bond acceptors (Lipinski definition) is 4. The number of fused-ring (bicyclic) bond motifs is 4. The first-order valence-electron chi connectivity index (χ1n) is 9.58.